The Morgan fingerprint density at radius 1 is 0.967 bits per heavy atom. The highest BCUT2D eigenvalue weighted by Crippen LogP contribution is 2.20. The molecule has 162 valence electrons. The monoisotopic (exact) mass is 429 g/mol. The normalized spacial score (nSPS) is 15.9. The molecule has 0 aliphatic carbocycles. The molecular formula is C24H32ClN3O2. The van der Waals surface area contributed by atoms with E-state index in [0.717, 1.165) is 31.4 Å². The molecule has 1 fully saturated rings. The fourth-order valence-corrected chi connectivity index (χ4v) is 3.94. The van der Waals surface area contributed by atoms with Crippen LogP contribution in [0.3, 0.4) is 0 Å². The quantitative estimate of drug-likeness (QED) is 0.701. The summed E-state index contributed by atoms with van der Waals surface area (Å²) in [4.78, 5) is 29.6. The van der Waals surface area contributed by atoms with Crippen molar-refractivity contribution in [2.75, 3.05) is 32.7 Å². The van der Waals surface area contributed by atoms with Crippen molar-refractivity contribution < 1.29 is 9.59 Å². The molecule has 1 heterocycles. The summed E-state index contributed by atoms with van der Waals surface area (Å²) in [7, 11) is 0. The second kappa shape index (κ2) is 12.4. The lowest BCUT2D eigenvalue weighted by atomic mass is 9.95. The highest BCUT2D eigenvalue weighted by molar-refractivity contribution is 5.85. The van der Waals surface area contributed by atoms with Gasteiger partial charge in [-0.3, -0.25) is 9.59 Å². The number of piperidine rings is 1. The Morgan fingerprint density at radius 3 is 2.23 bits per heavy atom. The van der Waals surface area contributed by atoms with Gasteiger partial charge in [0.2, 0.25) is 11.8 Å². The first-order valence-electron chi connectivity index (χ1n) is 10.5. The standard InChI is InChI=1S/C24H31N3O2.ClH/c25-14-17-26(16-13-20-8-3-1-4-9-20)24(29)22-12-7-15-27(19-22)23(28)18-21-10-5-2-6-11-21;/h1-6,8-11,22H,7,12-19,25H2;1H. The van der Waals surface area contributed by atoms with Crippen LogP contribution in [0.4, 0.5) is 0 Å². The van der Waals surface area contributed by atoms with Gasteiger partial charge in [-0.1, -0.05) is 60.7 Å². The van der Waals surface area contributed by atoms with Crippen molar-refractivity contribution in [2.24, 2.45) is 11.7 Å². The van der Waals surface area contributed by atoms with Crippen LogP contribution < -0.4 is 5.73 Å². The second-order valence-electron chi connectivity index (χ2n) is 7.69. The number of likely N-dealkylation sites (tertiary alicyclic amines) is 1. The van der Waals surface area contributed by atoms with Crippen LogP contribution in [0.5, 0.6) is 0 Å². The summed E-state index contributed by atoms with van der Waals surface area (Å²) in [6.45, 7) is 2.91. The molecule has 2 N–H and O–H groups in total. The Morgan fingerprint density at radius 2 is 1.60 bits per heavy atom. The molecule has 1 saturated heterocycles. The molecule has 2 aromatic carbocycles. The molecule has 0 aromatic heterocycles. The highest BCUT2D eigenvalue weighted by atomic mass is 35.5. The van der Waals surface area contributed by atoms with Crippen LogP contribution in [0.15, 0.2) is 60.7 Å². The first-order chi connectivity index (χ1) is 14.2. The summed E-state index contributed by atoms with van der Waals surface area (Å²) in [5.41, 5.74) is 7.99. The molecule has 1 unspecified atom stereocenters. The minimum Gasteiger partial charge on any atom is -0.342 e. The van der Waals surface area contributed by atoms with E-state index in [1.54, 1.807) is 0 Å². The number of nitrogens with zero attached hydrogens (tertiary/aromatic N) is 2. The van der Waals surface area contributed by atoms with Gasteiger partial charge in [0.25, 0.3) is 0 Å². The van der Waals surface area contributed by atoms with Crippen LogP contribution in [0.25, 0.3) is 0 Å². The van der Waals surface area contributed by atoms with E-state index >= 15 is 0 Å². The molecule has 30 heavy (non-hydrogen) atoms. The zero-order valence-electron chi connectivity index (χ0n) is 17.4. The number of amides is 2. The number of rotatable bonds is 8. The van der Waals surface area contributed by atoms with Gasteiger partial charge in [0, 0.05) is 32.7 Å². The molecule has 0 radical (unpaired) electrons. The van der Waals surface area contributed by atoms with Crippen LogP contribution in [0, 0.1) is 5.92 Å². The molecule has 0 spiro atoms. The number of hydrogen-bond acceptors (Lipinski definition) is 3. The van der Waals surface area contributed by atoms with Gasteiger partial charge in [0.1, 0.15) is 0 Å². The van der Waals surface area contributed by atoms with Crippen molar-refractivity contribution in [3.8, 4) is 0 Å². The summed E-state index contributed by atoms with van der Waals surface area (Å²) >= 11 is 0. The lowest BCUT2D eigenvalue weighted by Gasteiger charge is -2.35. The summed E-state index contributed by atoms with van der Waals surface area (Å²) < 4.78 is 0. The van der Waals surface area contributed by atoms with Crippen LogP contribution in [-0.4, -0.2) is 54.3 Å². The van der Waals surface area contributed by atoms with Crippen molar-refractivity contribution in [1.29, 1.82) is 0 Å². The Hall–Kier alpha value is -2.37. The lowest BCUT2D eigenvalue weighted by Crippen LogP contribution is -2.48. The maximum atomic E-state index is 13.2. The summed E-state index contributed by atoms with van der Waals surface area (Å²) in [6, 6.07) is 20.0. The minimum absolute atomic E-state index is 0. The summed E-state index contributed by atoms with van der Waals surface area (Å²) in [5.74, 6) is 0.0951. The molecule has 1 atom stereocenters. The molecule has 5 nitrogen and oxygen atoms in total. The Labute approximate surface area is 185 Å². The van der Waals surface area contributed by atoms with Gasteiger partial charge in [0.15, 0.2) is 0 Å². The SMILES string of the molecule is Cl.NCCN(CCc1ccccc1)C(=O)C1CCCN(C(=O)Cc2ccccc2)C1. The van der Waals surface area contributed by atoms with Crippen molar-refractivity contribution in [1.82, 2.24) is 9.80 Å². The molecule has 6 heteroatoms. The van der Waals surface area contributed by atoms with Crippen LogP contribution in [0.2, 0.25) is 0 Å². The van der Waals surface area contributed by atoms with Gasteiger partial charge in [-0.15, -0.1) is 12.4 Å². The molecule has 0 bridgehead atoms. The Kier molecular flexibility index (Phi) is 9.84. The molecule has 1 aliphatic heterocycles. The summed E-state index contributed by atoms with van der Waals surface area (Å²) in [5, 5.41) is 0. The fraction of sp³-hybridized carbons (Fsp3) is 0.417. The number of carbonyl (C=O) groups is 2. The van der Waals surface area contributed by atoms with Crippen molar-refractivity contribution in [2.45, 2.75) is 25.7 Å². The predicted molar refractivity (Wildman–Crippen MR) is 122 cm³/mol. The van der Waals surface area contributed by atoms with Crippen LogP contribution >= 0.6 is 12.4 Å². The van der Waals surface area contributed by atoms with E-state index in [9.17, 15) is 9.59 Å². The Bertz CT molecular complexity index is 786. The third-order valence-corrected chi connectivity index (χ3v) is 5.55. The maximum Gasteiger partial charge on any atom is 0.227 e. The lowest BCUT2D eigenvalue weighted by molar-refractivity contribution is -0.140. The number of halogens is 1. The van der Waals surface area contributed by atoms with E-state index in [4.69, 9.17) is 5.73 Å². The molecule has 2 amide bonds. The fourth-order valence-electron chi connectivity index (χ4n) is 3.94. The number of carbonyl (C=O) groups excluding carboxylic acids is 2. The topological polar surface area (TPSA) is 66.6 Å². The molecule has 0 saturated carbocycles. The molecule has 1 aliphatic rings. The van der Waals surface area contributed by atoms with Gasteiger partial charge in [-0.2, -0.15) is 0 Å². The zero-order chi connectivity index (χ0) is 20.5. The first-order valence-corrected chi connectivity index (χ1v) is 10.5. The van der Waals surface area contributed by atoms with Gasteiger partial charge in [-0.05, 0) is 30.4 Å². The first kappa shape index (κ1) is 23.9. The largest absolute Gasteiger partial charge is 0.342 e. The third-order valence-electron chi connectivity index (χ3n) is 5.55. The molecule has 3 rings (SSSR count). The smallest absolute Gasteiger partial charge is 0.227 e. The van der Waals surface area contributed by atoms with Crippen molar-refractivity contribution in [3.63, 3.8) is 0 Å². The Balaban J connectivity index is 0.00000320. The number of benzene rings is 2. The summed E-state index contributed by atoms with van der Waals surface area (Å²) in [6.07, 6.45) is 2.91. The average molecular weight is 430 g/mol. The molecular weight excluding hydrogens is 398 g/mol. The second-order valence-corrected chi connectivity index (χ2v) is 7.69. The maximum absolute atomic E-state index is 13.2. The van der Waals surface area contributed by atoms with E-state index in [2.05, 4.69) is 12.1 Å². The van der Waals surface area contributed by atoms with E-state index < -0.39 is 0 Å². The van der Waals surface area contributed by atoms with Crippen LogP contribution in [-0.2, 0) is 22.4 Å². The van der Waals surface area contributed by atoms with Gasteiger partial charge in [0.05, 0.1) is 12.3 Å². The van der Waals surface area contributed by atoms with Gasteiger partial charge in [-0.25, -0.2) is 0 Å². The number of hydrogen-bond donors (Lipinski definition) is 1. The highest BCUT2D eigenvalue weighted by Gasteiger charge is 2.30. The third kappa shape index (κ3) is 6.85. The minimum atomic E-state index is -0.134. The van der Waals surface area contributed by atoms with Crippen molar-refractivity contribution >= 4 is 24.2 Å². The average Bonchev–Trinajstić information content (AvgIpc) is 2.77. The van der Waals surface area contributed by atoms with Crippen molar-refractivity contribution in [3.05, 3.63) is 71.8 Å². The predicted octanol–water partition coefficient (Wildman–Crippen LogP) is 2.92. The van der Waals surface area contributed by atoms with E-state index in [1.165, 1.54) is 5.56 Å². The van der Waals surface area contributed by atoms with E-state index in [1.807, 2.05) is 58.3 Å². The van der Waals surface area contributed by atoms with Gasteiger partial charge < -0.3 is 15.5 Å². The van der Waals surface area contributed by atoms with E-state index in [0.29, 0.717) is 32.6 Å². The van der Waals surface area contributed by atoms with Crippen LogP contribution in [0.1, 0.15) is 24.0 Å². The molecule has 2 aromatic rings. The number of nitrogens with two attached hydrogens (primary N) is 1. The van der Waals surface area contributed by atoms with E-state index in [-0.39, 0.29) is 30.1 Å². The zero-order valence-corrected chi connectivity index (χ0v) is 18.2. The van der Waals surface area contributed by atoms with Gasteiger partial charge >= 0.3 is 0 Å².